The summed E-state index contributed by atoms with van der Waals surface area (Å²) in [6, 6.07) is -0.823. The van der Waals surface area contributed by atoms with Gasteiger partial charge in [0, 0.05) is 6.04 Å². The maximum absolute atomic E-state index is 11.2. The highest BCUT2D eigenvalue weighted by molar-refractivity contribution is 5.82. The molecule has 0 saturated heterocycles. The van der Waals surface area contributed by atoms with Crippen molar-refractivity contribution in [3.8, 4) is 0 Å². The zero-order valence-corrected chi connectivity index (χ0v) is 8.19. The molecular formula is C9H16N2O3. The van der Waals surface area contributed by atoms with Gasteiger partial charge in [-0.1, -0.05) is 0 Å². The number of amides is 1. The van der Waals surface area contributed by atoms with Crippen molar-refractivity contribution in [1.29, 1.82) is 0 Å². The number of carboxylic acids is 1. The molecule has 5 heteroatoms. The van der Waals surface area contributed by atoms with E-state index in [0.717, 1.165) is 12.8 Å². The van der Waals surface area contributed by atoms with Gasteiger partial charge >= 0.3 is 5.97 Å². The van der Waals surface area contributed by atoms with Crippen LogP contribution in [0.1, 0.15) is 26.2 Å². The number of hydrogen-bond donors (Lipinski definition) is 3. The zero-order chi connectivity index (χ0) is 10.7. The number of carboxylic acid groups (broad SMARTS) is 1. The summed E-state index contributed by atoms with van der Waals surface area (Å²) in [7, 11) is 0. The standard InChI is InChI=1S/C9H16N2O3/c1-5(10)9(14)11-7(4-8(12)13)6-2-3-6/h5-7H,2-4,10H2,1H3,(H,11,14)(H,12,13)/t5-,7?/m0/s1. The van der Waals surface area contributed by atoms with Crippen LogP contribution in [0, 0.1) is 5.92 Å². The molecule has 0 aromatic rings. The van der Waals surface area contributed by atoms with E-state index in [4.69, 9.17) is 10.8 Å². The Labute approximate surface area is 82.7 Å². The largest absolute Gasteiger partial charge is 0.481 e. The molecule has 0 radical (unpaired) electrons. The lowest BCUT2D eigenvalue weighted by atomic mass is 10.1. The van der Waals surface area contributed by atoms with Crippen LogP contribution in [0.3, 0.4) is 0 Å². The predicted molar refractivity (Wildman–Crippen MR) is 50.6 cm³/mol. The van der Waals surface area contributed by atoms with Crippen LogP contribution in [0.5, 0.6) is 0 Å². The van der Waals surface area contributed by atoms with Gasteiger partial charge in [0.15, 0.2) is 0 Å². The van der Waals surface area contributed by atoms with E-state index in [-0.39, 0.29) is 18.4 Å². The Hall–Kier alpha value is -1.10. The van der Waals surface area contributed by atoms with Gasteiger partial charge in [-0.25, -0.2) is 0 Å². The lowest BCUT2D eigenvalue weighted by Gasteiger charge is -2.17. The molecule has 0 aliphatic heterocycles. The summed E-state index contributed by atoms with van der Waals surface area (Å²) in [4.78, 5) is 21.7. The fourth-order valence-electron chi connectivity index (χ4n) is 1.34. The van der Waals surface area contributed by atoms with Gasteiger partial charge in [-0.3, -0.25) is 9.59 Å². The molecule has 1 saturated carbocycles. The first-order valence-corrected chi connectivity index (χ1v) is 4.78. The maximum atomic E-state index is 11.2. The van der Waals surface area contributed by atoms with Gasteiger partial charge in [0.1, 0.15) is 0 Å². The minimum Gasteiger partial charge on any atom is -0.481 e. The summed E-state index contributed by atoms with van der Waals surface area (Å²) in [5.41, 5.74) is 5.38. The molecule has 80 valence electrons. The highest BCUT2D eigenvalue weighted by Gasteiger charge is 2.33. The molecule has 4 N–H and O–H groups in total. The topological polar surface area (TPSA) is 92.4 Å². The fourth-order valence-corrected chi connectivity index (χ4v) is 1.34. The van der Waals surface area contributed by atoms with Crippen molar-refractivity contribution in [2.45, 2.75) is 38.3 Å². The number of carbonyl (C=O) groups excluding carboxylic acids is 1. The number of rotatable bonds is 5. The highest BCUT2D eigenvalue weighted by Crippen LogP contribution is 2.33. The highest BCUT2D eigenvalue weighted by atomic mass is 16.4. The van der Waals surface area contributed by atoms with E-state index in [0.29, 0.717) is 5.92 Å². The minimum absolute atomic E-state index is 0.0108. The third-order valence-electron chi connectivity index (χ3n) is 2.33. The third-order valence-corrected chi connectivity index (χ3v) is 2.33. The van der Waals surface area contributed by atoms with Gasteiger partial charge in [0.05, 0.1) is 12.5 Å². The average molecular weight is 200 g/mol. The molecule has 1 aliphatic carbocycles. The summed E-state index contributed by atoms with van der Waals surface area (Å²) < 4.78 is 0. The molecule has 0 aromatic carbocycles. The predicted octanol–water partition coefficient (Wildman–Crippen LogP) is -0.297. The maximum Gasteiger partial charge on any atom is 0.305 e. The van der Waals surface area contributed by atoms with Crippen LogP contribution in [0.2, 0.25) is 0 Å². The molecule has 0 heterocycles. The van der Waals surface area contributed by atoms with Crippen LogP contribution in [0.4, 0.5) is 0 Å². The summed E-state index contributed by atoms with van der Waals surface area (Å²) >= 11 is 0. The average Bonchev–Trinajstić information content (AvgIpc) is 2.83. The van der Waals surface area contributed by atoms with Gasteiger partial charge in [-0.05, 0) is 25.7 Å². The van der Waals surface area contributed by atoms with Crippen LogP contribution in [0.25, 0.3) is 0 Å². The Morgan fingerprint density at radius 2 is 2.14 bits per heavy atom. The van der Waals surface area contributed by atoms with Crippen molar-refractivity contribution in [3.63, 3.8) is 0 Å². The van der Waals surface area contributed by atoms with E-state index in [1.807, 2.05) is 0 Å². The quantitative estimate of drug-likeness (QED) is 0.568. The zero-order valence-electron chi connectivity index (χ0n) is 8.19. The first kappa shape index (κ1) is 11.0. The minimum atomic E-state index is -0.883. The Bertz CT molecular complexity index is 236. The number of hydrogen-bond acceptors (Lipinski definition) is 3. The number of nitrogens with one attached hydrogen (secondary N) is 1. The molecule has 2 atom stereocenters. The normalized spacial score (nSPS) is 19.9. The van der Waals surface area contributed by atoms with Crippen LogP contribution in [-0.2, 0) is 9.59 Å². The molecule has 0 spiro atoms. The van der Waals surface area contributed by atoms with E-state index >= 15 is 0 Å². The van der Waals surface area contributed by atoms with E-state index < -0.39 is 12.0 Å². The van der Waals surface area contributed by atoms with E-state index in [9.17, 15) is 9.59 Å². The van der Waals surface area contributed by atoms with Crippen molar-refractivity contribution in [2.24, 2.45) is 11.7 Å². The van der Waals surface area contributed by atoms with Crippen molar-refractivity contribution in [3.05, 3.63) is 0 Å². The van der Waals surface area contributed by atoms with Gasteiger partial charge in [-0.15, -0.1) is 0 Å². The molecule has 5 nitrogen and oxygen atoms in total. The molecule has 1 amide bonds. The monoisotopic (exact) mass is 200 g/mol. The molecule has 0 aromatic heterocycles. The molecule has 1 unspecified atom stereocenters. The number of carbonyl (C=O) groups is 2. The summed E-state index contributed by atoms with van der Waals surface area (Å²) in [5, 5.41) is 11.3. The molecule has 0 bridgehead atoms. The Kier molecular flexibility index (Phi) is 3.46. The SMILES string of the molecule is C[C@H](N)C(=O)NC(CC(=O)O)C1CC1. The Morgan fingerprint density at radius 3 is 2.50 bits per heavy atom. The van der Waals surface area contributed by atoms with E-state index in [1.165, 1.54) is 0 Å². The van der Waals surface area contributed by atoms with Crippen LogP contribution >= 0.6 is 0 Å². The smallest absolute Gasteiger partial charge is 0.305 e. The fraction of sp³-hybridized carbons (Fsp3) is 0.778. The van der Waals surface area contributed by atoms with Crippen LogP contribution < -0.4 is 11.1 Å². The number of nitrogens with two attached hydrogens (primary N) is 1. The van der Waals surface area contributed by atoms with Crippen LogP contribution in [0.15, 0.2) is 0 Å². The second-order valence-corrected chi connectivity index (χ2v) is 3.84. The summed E-state index contributed by atoms with van der Waals surface area (Å²) in [6.07, 6.45) is 1.98. The van der Waals surface area contributed by atoms with Crippen molar-refractivity contribution >= 4 is 11.9 Å². The third kappa shape index (κ3) is 3.33. The molecule has 1 rings (SSSR count). The van der Waals surface area contributed by atoms with E-state index in [1.54, 1.807) is 6.92 Å². The lowest BCUT2D eigenvalue weighted by Crippen LogP contribution is -2.45. The lowest BCUT2D eigenvalue weighted by molar-refractivity contribution is -0.138. The second kappa shape index (κ2) is 4.41. The Morgan fingerprint density at radius 1 is 1.57 bits per heavy atom. The first-order valence-electron chi connectivity index (χ1n) is 4.78. The molecule has 1 aliphatic rings. The summed E-state index contributed by atoms with van der Waals surface area (Å²) in [5.74, 6) is -0.830. The Balaban J connectivity index is 2.42. The van der Waals surface area contributed by atoms with Crippen molar-refractivity contribution in [2.75, 3.05) is 0 Å². The van der Waals surface area contributed by atoms with Crippen molar-refractivity contribution < 1.29 is 14.7 Å². The molecular weight excluding hydrogens is 184 g/mol. The number of aliphatic carboxylic acids is 1. The second-order valence-electron chi connectivity index (χ2n) is 3.84. The van der Waals surface area contributed by atoms with Gasteiger partial charge in [0.25, 0.3) is 0 Å². The summed E-state index contributed by atoms with van der Waals surface area (Å²) in [6.45, 7) is 1.58. The van der Waals surface area contributed by atoms with Gasteiger partial charge in [-0.2, -0.15) is 0 Å². The van der Waals surface area contributed by atoms with E-state index in [2.05, 4.69) is 5.32 Å². The molecule has 14 heavy (non-hydrogen) atoms. The van der Waals surface area contributed by atoms with Crippen molar-refractivity contribution in [1.82, 2.24) is 5.32 Å². The molecule has 1 fully saturated rings. The first-order chi connectivity index (χ1) is 6.50. The van der Waals surface area contributed by atoms with Crippen LogP contribution in [-0.4, -0.2) is 29.1 Å². The van der Waals surface area contributed by atoms with Gasteiger partial charge in [0.2, 0.25) is 5.91 Å². The van der Waals surface area contributed by atoms with Gasteiger partial charge < -0.3 is 16.2 Å².